The maximum atomic E-state index is 13.8. The van der Waals surface area contributed by atoms with Crippen LogP contribution in [0.4, 0.5) is 29.3 Å². The van der Waals surface area contributed by atoms with Crippen LogP contribution in [0.3, 0.4) is 0 Å². The molecule has 40 heavy (non-hydrogen) atoms. The maximum absolute atomic E-state index is 13.8. The van der Waals surface area contributed by atoms with Crippen molar-refractivity contribution >= 4 is 36.1 Å². The van der Waals surface area contributed by atoms with Gasteiger partial charge >= 0.3 is 12.2 Å². The zero-order valence-corrected chi connectivity index (χ0v) is 23.6. The van der Waals surface area contributed by atoms with Gasteiger partial charge in [0.1, 0.15) is 0 Å². The first kappa shape index (κ1) is 29.3. The van der Waals surface area contributed by atoms with Crippen molar-refractivity contribution in [3.63, 3.8) is 0 Å². The van der Waals surface area contributed by atoms with Crippen molar-refractivity contribution in [2.24, 2.45) is 0 Å². The number of nitro benzene ring substituents is 1. The molecule has 4 rings (SSSR count). The van der Waals surface area contributed by atoms with Crippen LogP contribution >= 0.6 is 0 Å². The Labute approximate surface area is 232 Å². The van der Waals surface area contributed by atoms with Gasteiger partial charge in [-0.2, -0.15) is 13.2 Å². The highest BCUT2D eigenvalue weighted by Gasteiger charge is 2.50. The number of halogens is 3. The molecule has 0 aliphatic carbocycles. The van der Waals surface area contributed by atoms with Gasteiger partial charge in [0.2, 0.25) is 0 Å². The lowest BCUT2D eigenvalue weighted by molar-refractivity contribution is -0.385. The van der Waals surface area contributed by atoms with Crippen LogP contribution in [0.15, 0.2) is 78.9 Å². The van der Waals surface area contributed by atoms with E-state index >= 15 is 0 Å². The molecule has 1 aliphatic heterocycles. The fraction of sp³-hybridized carbons (Fsp3) is 0.345. The molecule has 0 atom stereocenters. The van der Waals surface area contributed by atoms with Crippen molar-refractivity contribution in [3.05, 3.63) is 94.5 Å². The standard InChI is InChI=1S/C29H32F3N3O4Si/c1-28(2,3)40(23-11-6-4-7-12-23,24-13-8-5-9-14-24)39-20-19-33-17-10-18-34(27(33)36)26-16-15-22(35(37)38)21-25(26)29(30,31)32/h4-9,11-16,21H,10,17-20H2,1-3H3. The topological polar surface area (TPSA) is 75.9 Å². The van der Waals surface area contributed by atoms with E-state index < -0.39 is 36.7 Å². The van der Waals surface area contributed by atoms with E-state index in [1.54, 1.807) is 0 Å². The summed E-state index contributed by atoms with van der Waals surface area (Å²) in [6, 6.07) is 21.9. The summed E-state index contributed by atoms with van der Waals surface area (Å²) >= 11 is 0. The number of nitrogens with zero attached hydrogens (tertiary/aromatic N) is 3. The number of amides is 2. The molecular weight excluding hydrogens is 539 g/mol. The van der Waals surface area contributed by atoms with E-state index in [0.29, 0.717) is 19.0 Å². The van der Waals surface area contributed by atoms with Crippen molar-refractivity contribution in [3.8, 4) is 0 Å². The Morgan fingerprint density at radius 3 is 2.00 bits per heavy atom. The molecule has 212 valence electrons. The van der Waals surface area contributed by atoms with Crippen LogP contribution in [-0.4, -0.2) is 50.4 Å². The molecule has 1 heterocycles. The Bertz CT molecular complexity index is 1310. The first-order chi connectivity index (χ1) is 18.9. The predicted molar refractivity (Wildman–Crippen MR) is 151 cm³/mol. The summed E-state index contributed by atoms with van der Waals surface area (Å²) in [6.45, 7) is 7.24. The Balaban J connectivity index is 1.61. The largest absolute Gasteiger partial charge is 0.418 e. The van der Waals surface area contributed by atoms with Gasteiger partial charge in [0.15, 0.2) is 0 Å². The molecule has 2 amide bonds. The van der Waals surface area contributed by atoms with Gasteiger partial charge in [-0.15, -0.1) is 0 Å². The number of carbonyl (C=O) groups is 1. The molecule has 0 N–H and O–H groups in total. The third-order valence-electron chi connectivity index (χ3n) is 7.19. The van der Waals surface area contributed by atoms with Gasteiger partial charge in [0.25, 0.3) is 14.0 Å². The highest BCUT2D eigenvalue weighted by molar-refractivity contribution is 6.99. The van der Waals surface area contributed by atoms with Gasteiger partial charge in [-0.05, 0) is 27.9 Å². The third kappa shape index (κ3) is 5.75. The van der Waals surface area contributed by atoms with Gasteiger partial charge in [0.05, 0.1) is 22.8 Å². The summed E-state index contributed by atoms with van der Waals surface area (Å²) in [5.74, 6) is 0. The van der Waals surface area contributed by atoms with Crippen LogP contribution in [0.5, 0.6) is 0 Å². The second-order valence-electron chi connectivity index (χ2n) is 10.7. The molecule has 0 radical (unpaired) electrons. The van der Waals surface area contributed by atoms with E-state index in [4.69, 9.17) is 4.43 Å². The number of alkyl halides is 3. The van der Waals surface area contributed by atoms with Gasteiger partial charge < -0.3 is 9.33 Å². The molecule has 0 bridgehead atoms. The minimum absolute atomic E-state index is 0.0752. The molecule has 1 fully saturated rings. The first-order valence-electron chi connectivity index (χ1n) is 13.0. The monoisotopic (exact) mass is 571 g/mol. The summed E-state index contributed by atoms with van der Waals surface area (Å²) in [5.41, 5.74) is -2.28. The second-order valence-corrected chi connectivity index (χ2v) is 15.0. The lowest BCUT2D eigenvalue weighted by Crippen LogP contribution is -2.67. The van der Waals surface area contributed by atoms with Gasteiger partial charge in [0, 0.05) is 31.8 Å². The number of urea groups is 1. The van der Waals surface area contributed by atoms with E-state index in [9.17, 15) is 28.1 Å². The van der Waals surface area contributed by atoms with Crippen molar-refractivity contribution < 1.29 is 27.3 Å². The number of carbonyl (C=O) groups excluding carboxylic acids is 1. The minimum Gasteiger partial charge on any atom is -0.406 e. The van der Waals surface area contributed by atoms with E-state index in [1.165, 1.54) is 4.90 Å². The van der Waals surface area contributed by atoms with Crippen molar-refractivity contribution in [1.82, 2.24) is 4.90 Å². The number of nitro groups is 1. The Morgan fingerprint density at radius 1 is 0.925 bits per heavy atom. The highest BCUT2D eigenvalue weighted by atomic mass is 28.4. The van der Waals surface area contributed by atoms with Gasteiger partial charge in [-0.3, -0.25) is 15.0 Å². The average molecular weight is 572 g/mol. The summed E-state index contributed by atoms with van der Waals surface area (Å²) in [5, 5.41) is 13.0. The van der Waals surface area contributed by atoms with Crippen molar-refractivity contribution in [2.45, 2.75) is 38.4 Å². The predicted octanol–water partition coefficient (Wildman–Crippen LogP) is 5.82. The van der Waals surface area contributed by atoms with E-state index in [0.717, 1.165) is 27.4 Å². The SMILES string of the molecule is CC(C)(C)[Si](OCCN1CCCN(c2ccc([N+](=O)[O-])cc2C(F)(F)F)C1=O)(c1ccccc1)c1ccccc1. The fourth-order valence-corrected chi connectivity index (χ4v) is 9.94. The van der Waals surface area contributed by atoms with E-state index in [1.807, 2.05) is 36.4 Å². The molecule has 1 aliphatic rings. The Hall–Kier alpha value is -3.70. The fourth-order valence-electron chi connectivity index (χ4n) is 5.38. The smallest absolute Gasteiger partial charge is 0.406 e. The van der Waals surface area contributed by atoms with Gasteiger partial charge in [-0.25, -0.2) is 4.79 Å². The minimum atomic E-state index is -4.86. The van der Waals surface area contributed by atoms with Crippen LogP contribution in [0.1, 0.15) is 32.8 Å². The van der Waals surface area contributed by atoms with E-state index in [-0.39, 0.29) is 30.4 Å². The van der Waals surface area contributed by atoms with Crippen molar-refractivity contribution in [1.29, 1.82) is 0 Å². The molecule has 0 spiro atoms. The molecule has 3 aromatic carbocycles. The highest BCUT2D eigenvalue weighted by Crippen LogP contribution is 2.40. The first-order valence-corrected chi connectivity index (χ1v) is 14.9. The molecule has 3 aromatic rings. The normalized spacial score (nSPS) is 14.9. The van der Waals surface area contributed by atoms with Crippen LogP contribution < -0.4 is 15.3 Å². The second kappa shape index (κ2) is 11.4. The van der Waals surface area contributed by atoms with Crippen LogP contribution in [0, 0.1) is 10.1 Å². The third-order valence-corrected chi connectivity index (χ3v) is 12.2. The number of non-ortho nitro benzene ring substituents is 1. The number of hydrogen-bond donors (Lipinski definition) is 0. The number of hydrogen-bond acceptors (Lipinski definition) is 4. The molecule has 7 nitrogen and oxygen atoms in total. The summed E-state index contributed by atoms with van der Waals surface area (Å²) < 4.78 is 48.4. The summed E-state index contributed by atoms with van der Waals surface area (Å²) in [6.07, 6.45) is -4.42. The van der Waals surface area contributed by atoms with Crippen LogP contribution in [0.2, 0.25) is 5.04 Å². The Kier molecular flexibility index (Phi) is 8.36. The number of anilines is 1. The molecule has 11 heteroatoms. The van der Waals surface area contributed by atoms with Crippen molar-refractivity contribution in [2.75, 3.05) is 31.1 Å². The van der Waals surface area contributed by atoms with Gasteiger partial charge in [-0.1, -0.05) is 81.4 Å². The van der Waals surface area contributed by atoms with Crippen LogP contribution in [0.25, 0.3) is 0 Å². The molecule has 0 aromatic heterocycles. The number of rotatable bonds is 8. The molecular formula is C29H32F3N3O4Si. The summed E-state index contributed by atoms with van der Waals surface area (Å²) in [4.78, 5) is 26.2. The lowest BCUT2D eigenvalue weighted by Gasteiger charge is -2.44. The quantitative estimate of drug-likeness (QED) is 0.194. The molecule has 0 saturated carbocycles. The zero-order chi connectivity index (χ0) is 29.1. The number of benzene rings is 3. The van der Waals surface area contributed by atoms with Crippen LogP contribution in [-0.2, 0) is 10.6 Å². The van der Waals surface area contributed by atoms with E-state index in [2.05, 4.69) is 45.0 Å². The Morgan fingerprint density at radius 2 is 1.50 bits per heavy atom. The molecule has 1 saturated heterocycles. The summed E-state index contributed by atoms with van der Waals surface area (Å²) in [7, 11) is -2.85. The lowest BCUT2D eigenvalue weighted by atomic mass is 10.1. The zero-order valence-electron chi connectivity index (χ0n) is 22.6. The molecule has 0 unspecified atom stereocenters. The maximum Gasteiger partial charge on any atom is 0.418 e. The average Bonchev–Trinajstić information content (AvgIpc) is 2.91.